The number of aromatic nitrogens is 2. The average Bonchev–Trinajstić information content (AvgIpc) is 2.77. The van der Waals surface area contributed by atoms with Crippen molar-refractivity contribution in [2.75, 3.05) is 4.72 Å². The number of nitrogens with zero attached hydrogens (tertiary/aromatic N) is 1. The van der Waals surface area contributed by atoms with Gasteiger partial charge in [0.05, 0.1) is 12.1 Å². The van der Waals surface area contributed by atoms with Crippen LogP contribution in [0.25, 0.3) is 0 Å². The van der Waals surface area contributed by atoms with E-state index in [1.807, 2.05) is 30.3 Å². The van der Waals surface area contributed by atoms with Crippen LogP contribution in [0.1, 0.15) is 22.5 Å². The molecule has 0 aliphatic heterocycles. The quantitative estimate of drug-likeness (QED) is 0.190. The van der Waals surface area contributed by atoms with E-state index in [9.17, 15) is 14.4 Å². The number of aromatic amines is 1. The number of amides is 1. The van der Waals surface area contributed by atoms with E-state index in [4.69, 9.17) is 11.1 Å². The summed E-state index contributed by atoms with van der Waals surface area (Å²) in [5.41, 5.74) is 7.25. The third kappa shape index (κ3) is 5.88. The Balaban J connectivity index is 1.61. The minimum absolute atomic E-state index is 0.0664. The van der Waals surface area contributed by atoms with Crippen molar-refractivity contribution in [2.45, 2.75) is 25.8 Å². The number of hydrogen-bond acceptors (Lipinski definition) is 6. The fourth-order valence-electron chi connectivity index (χ4n) is 2.94. The lowest BCUT2D eigenvalue weighted by molar-refractivity contribution is -0.121. The van der Waals surface area contributed by atoms with Crippen molar-refractivity contribution in [3.8, 4) is 0 Å². The molecular weight excluding hydrogens is 428 g/mol. The van der Waals surface area contributed by atoms with Gasteiger partial charge in [-0.15, -0.1) is 0 Å². The third-order valence-corrected chi connectivity index (χ3v) is 5.54. The number of nitrogen functional groups attached to an aromatic ring is 1. The Kier molecular flexibility index (Phi) is 7.50. The van der Waals surface area contributed by atoms with Gasteiger partial charge < -0.3 is 25.3 Å². The summed E-state index contributed by atoms with van der Waals surface area (Å²) in [5.74, 6) is -0.0113. The summed E-state index contributed by atoms with van der Waals surface area (Å²) >= 11 is 1.40. The van der Waals surface area contributed by atoms with Gasteiger partial charge in [-0.05, 0) is 48.7 Å². The van der Waals surface area contributed by atoms with Gasteiger partial charge in [-0.3, -0.25) is 19.8 Å². The van der Waals surface area contributed by atoms with E-state index < -0.39 is 5.56 Å². The monoisotopic (exact) mass is 452 g/mol. The van der Waals surface area contributed by atoms with Crippen LogP contribution in [0.4, 0.5) is 5.69 Å². The van der Waals surface area contributed by atoms with Gasteiger partial charge in [0.25, 0.3) is 11.1 Å². The molecular formula is C22H24N6O3S. The molecule has 0 aliphatic carbocycles. The molecule has 6 N–H and O–H groups in total. The predicted molar refractivity (Wildman–Crippen MR) is 127 cm³/mol. The Labute approximate surface area is 188 Å². The van der Waals surface area contributed by atoms with Crippen LogP contribution < -0.4 is 26.9 Å². The molecule has 2 aromatic heterocycles. The van der Waals surface area contributed by atoms with E-state index in [1.54, 1.807) is 25.1 Å². The first-order chi connectivity index (χ1) is 15.3. The summed E-state index contributed by atoms with van der Waals surface area (Å²) in [6, 6.07) is 16.4. The highest BCUT2D eigenvalue weighted by molar-refractivity contribution is 7.99. The van der Waals surface area contributed by atoms with Crippen LogP contribution in [0.3, 0.4) is 0 Å². The molecule has 0 fully saturated rings. The lowest BCUT2D eigenvalue weighted by atomic mass is 10.2. The standard InChI is InChI=1S/C22H24N6O3S/c1-14-7-10-18(27-32-13-15-5-3-2-4-6-15)22(31)28(14)12-19(29)25-11-16-8-9-17(20(23)24)21(30)26-16/h2-10,27H,11-13H2,1H3,(H3,23,24)(H,25,29)(H,26,30). The van der Waals surface area contributed by atoms with Gasteiger partial charge >= 0.3 is 0 Å². The molecule has 1 aromatic carbocycles. The summed E-state index contributed by atoms with van der Waals surface area (Å²) in [6.45, 7) is 1.68. The van der Waals surface area contributed by atoms with Crippen molar-refractivity contribution in [3.05, 3.63) is 97.8 Å². The minimum Gasteiger partial charge on any atom is -0.384 e. The summed E-state index contributed by atoms with van der Waals surface area (Å²) in [5, 5.41) is 10.0. The van der Waals surface area contributed by atoms with E-state index in [0.717, 1.165) is 5.56 Å². The second-order valence-electron chi connectivity index (χ2n) is 7.07. The van der Waals surface area contributed by atoms with Crippen LogP contribution in [-0.4, -0.2) is 21.3 Å². The molecule has 3 rings (SSSR count). The molecule has 9 nitrogen and oxygen atoms in total. The Morgan fingerprint density at radius 1 is 1.12 bits per heavy atom. The molecule has 2 heterocycles. The maximum atomic E-state index is 12.8. The number of carbonyl (C=O) groups excluding carboxylic acids is 1. The number of aryl methyl sites for hydroxylation is 1. The Hall–Kier alpha value is -3.79. The number of nitrogens with one attached hydrogen (secondary N) is 4. The maximum absolute atomic E-state index is 12.8. The molecule has 0 unspecified atom stereocenters. The molecule has 32 heavy (non-hydrogen) atoms. The first kappa shape index (κ1) is 22.9. The zero-order valence-corrected chi connectivity index (χ0v) is 18.3. The molecule has 10 heteroatoms. The lowest BCUT2D eigenvalue weighted by Crippen LogP contribution is -2.34. The Bertz CT molecular complexity index is 1240. The first-order valence-electron chi connectivity index (χ1n) is 9.80. The lowest BCUT2D eigenvalue weighted by Gasteiger charge is -2.13. The summed E-state index contributed by atoms with van der Waals surface area (Å²) < 4.78 is 4.46. The number of pyridine rings is 2. The van der Waals surface area contributed by atoms with E-state index in [2.05, 4.69) is 15.0 Å². The number of H-pyrrole nitrogens is 1. The van der Waals surface area contributed by atoms with E-state index >= 15 is 0 Å². The largest absolute Gasteiger partial charge is 0.384 e. The summed E-state index contributed by atoms with van der Waals surface area (Å²) in [7, 11) is 0. The molecule has 0 aliphatic rings. The molecule has 3 aromatic rings. The Morgan fingerprint density at radius 2 is 1.88 bits per heavy atom. The van der Waals surface area contributed by atoms with Gasteiger partial charge in [0.2, 0.25) is 5.91 Å². The molecule has 0 bridgehead atoms. The molecule has 0 atom stereocenters. The van der Waals surface area contributed by atoms with Gasteiger partial charge in [0.1, 0.15) is 18.1 Å². The average molecular weight is 453 g/mol. The highest BCUT2D eigenvalue weighted by Crippen LogP contribution is 2.14. The topological polar surface area (TPSA) is 146 Å². The summed E-state index contributed by atoms with van der Waals surface area (Å²) in [6.07, 6.45) is 0. The molecule has 0 saturated carbocycles. The van der Waals surface area contributed by atoms with Gasteiger partial charge in [-0.25, -0.2) is 0 Å². The number of carbonyl (C=O) groups is 1. The van der Waals surface area contributed by atoms with Crippen LogP contribution in [0.15, 0.2) is 64.2 Å². The minimum atomic E-state index is -0.497. The second-order valence-corrected chi connectivity index (χ2v) is 7.85. The van der Waals surface area contributed by atoms with Crippen molar-refractivity contribution < 1.29 is 4.79 Å². The van der Waals surface area contributed by atoms with Crippen molar-refractivity contribution in [1.29, 1.82) is 5.41 Å². The highest BCUT2D eigenvalue weighted by atomic mass is 32.2. The smallest absolute Gasteiger partial charge is 0.275 e. The number of benzene rings is 1. The van der Waals surface area contributed by atoms with E-state index in [-0.39, 0.29) is 36.0 Å². The molecule has 1 amide bonds. The Morgan fingerprint density at radius 3 is 2.56 bits per heavy atom. The molecule has 166 valence electrons. The SMILES string of the molecule is Cc1ccc(NSCc2ccccc2)c(=O)n1CC(=O)NCc1ccc(C(=N)N)c(=O)[nH]1. The maximum Gasteiger partial charge on any atom is 0.275 e. The van der Waals surface area contributed by atoms with Crippen LogP contribution in [0.2, 0.25) is 0 Å². The molecule has 0 saturated heterocycles. The van der Waals surface area contributed by atoms with Crippen LogP contribution in [-0.2, 0) is 23.6 Å². The number of rotatable bonds is 9. The van der Waals surface area contributed by atoms with Gasteiger partial charge in [-0.2, -0.15) is 0 Å². The zero-order chi connectivity index (χ0) is 23.1. The van der Waals surface area contributed by atoms with Crippen molar-refractivity contribution in [1.82, 2.24) is 14.9 Å². The van der Waals surface area contributed by atoms with Crippen molar-refractivity contribution >= 4 is 29.4 Å². The van der Waals surface area contributed by atoms with Crippen LogP contribution in [0, 0.1) is 12.3 Å². The van der Waals surface area contributed by atoms with Crippen molar-refractivity contribution in [3.63, 3.8) is 0 Å². The number of anilines is 1. The van der Waals surface area contributed by atoms with E-state index in [0.29, 0.717) is 22.8 Å². The van der Waals surface area contributed by atoms with Crippen molar-refractivity contribution in [2.24, 2.45) is 5.73 Å². The van der Waals surface area contributed by atoms with Crippen LogP contribution in [0.5, 0.6) is 0 Å². The first-order valence-corrected chi connectivity index (χ1v) is 10.8. The van der Waals surface area contributed by atoms with Crippen LogP contribution >= 0.6 is 11.9 Å². The second kappa shape index (κ2) is 10.5. The zero-order valence-electron chi connectivity index (χ0n) is 17.5. The van der Waals surface area contributed by atoms with Gasteiger partial charge in [-0.1, -0.05) is 30.3 Å². The number of hydrogen-bond donors (Lipinski definition) is 5. The fourth-order valence-corrected chi connectivity index (χ4v) is 3.68. The molecule has 0 spiro atoms. The normalized spacial score (nSPS) is 10.5. The number of amidine groups is 1. The summed E-state index contributed by atoms with van der Waals surface area (Å²) in [4.78, 5) is 39.7. The van der Waals surface area contributed by atoms with Gasteiger partial charge in [0, 0.05) is 17.1 Å². The predicted octanol–water partition coefficient (Wildman–Crippen LogP) is 1.71. The third-order valence-electron chi connectivity index (χ3n) is 4.69. The highest BCUT2D eigenvalue weighted by Gasteiger charge is 2.11. The van der Waals surface area contributed by atoms with Gasteiger partial charge in [0.15, 0.2) is 0 Å². The molecule has 0 radical (unpaired) electrons. The fraction of sp³-hybridized carbons (Fsp3) is 0.182. The number of nitrogens with two attached hydrogens (primary N) is 1. The van der Waals surface area contributed by atoms with E-state index in [1.165, 1.54) is 22.6 Å².